The van der Waals surface area contributed by atoms with Crippen molar-refractivity contribution in [2.75, 3.05) is 0 Å². The van der Waals surface area contributed by atoms with E-state index >= 15 is 0 Å². The standard InChI is InChI=1S/C10H5BrF3N/c11-8-4-3-7(2-1-5-15)9(6-8)10(12,13)14/h1-4,6H/b2-1+. The molecule has 5 heteroatoms. The Morgan fingerprint density at radius 3 is 2.53 bits per heavy atom. The number of hydrogen-bond acceptors (Lipinski definition) is 1. The zero-order valence-electron chi connectivity index (χ0n) is 7.35. The molecule has 0 atom stereocenters. The van der Waals surface area contributed by atoms with Crippen LogP contribution < -0.4 is 0 Å². The third-order valence-corrected chi connectivity index (χ3v) is 2.15. The Kier molecular flexibility index (Phi) is 3.53. The van der Waals surface area contributed by atoms with Crippen LogP contribution in [0.1, 0.15) is 11.1 Å². The van der Waals surface area contributed by atoms with Crippen LogP contribution in [0.15, 0.2) is 28.7 Å². The average Bonchev–Trinajstić information content (AvgIpc) is 2.14. The van der Waals surface area contributed by atoms with Crippen LogP contribution in [0, 0.1) is 11.3 Å². The minimum Gasteiger partial charge on any atom is -0.193 e. The molecule has 1 aromatic carbocycles. The van der Waals surface area contributed by atoms with Gasteiger partial charge in [0.25, 0.3) is 0 Å². The highest BCUT2D eigenvalue weighted by Crippen LogP contribution is 2.34. The van der Waals surface area contributed by atoms with Crippen LogP contribution in [-0.4, -0.2) is 0 Å². The van der Waals surface area contributed by atoms with Gasteiger partial charge in [-0.2, -0.15) is 18.4 Å². The summed E-state index contributed by atoms with van der Waals surface area (Å²) in [5.74, 6) is 0. The normalized spacial score (nSPS) is 11.7. The first-order valence-corrected chi connectivity index (χ1v) is 4.67. The van der Waals surface area contributed by atoms with E-state index in [0.29, 0.717) is 4.47 Å². The van der Waals surface area contributed by atoms with Crippen LogP contribution in [0.3, 0.4) is 0 Å². The summed E-state index contributed by atoms with van der Waals surface area (Å²) < 4.78 is 37.9. The zero-order chi connectivity index (χ0) is 11.5. The molecule has 0 aliphatic rings. The molecule has 0 unspecified atom stereocenters. The van der Waals surface area contributed by atoms with Gasteiger partial charge in [-0.05, 0) is 23.8 Å². The first-order valence-electron chi connectivity index (χ1n) is 3.88. The van der Waals surface area contributed by atoms with E-state index in [9.17, 15) is 13.2 Å². The van der Waals surface area contributed by atoms with Gasteiger partial charge in [0.15, 0.2) is 0 Å². The van der Waals surface area contributed by atoms with Gasteiger partial charge >= 0.3 is 6.18 Å². The lowest BCUT2D eigenvalue weighted by molar-refractivity contribution is -0.137. The predicted octanol–water partition coefficient (Wildman–Crippen LogP) is 4.00. The third-order valence-electron chi connectivity index (χ3n) is 1.66. The summed E-state index contributed by atoms with van der Waals surface area (Å²) in [7, 11) is 0. The van der Waals surface area contributed by atoms with Crippen LogP contribution in [0.2, 0.25) is 0 Å². The van der Waals surface area contributed by atoms with Gasteiger partial charge in [-0.1, -0.05) is 22.0 Å². The number of benzene rings is 1. The van der Waals surface area contributed by atoms with Gasteiger partial charge in [0.2, 0.25) is 0 Å². The second kappa shape index (κ2) is 4.49. The van der Waals surface area contributed by atoms with Crippen molar-refractivity contribution in [1.29, 1.82) is 5.26 Å². The average molecular weight is 276 g/mol. The van der Waals surface area contributed by atoms with Gasteiger partial charge in [-0.25, -0.2) is 0 Å². The van der Waals surface area contributed by atoms with E-state index in [2.05, 4.69) is 15.9 Å². The highest BCUT2D eigenvalue weighted by Gasteiger charge is 2.32. The van der Waals surface area contributed by atoms with Crippen molar-refractivity contribution >= 4 is 22.0 Å². The Labute approximate surface area is 93.0 Å². The molecule has 1 nitrogen and oxygen atoms in total. The molecular formula is C10H5BrF3N. The summed E-state index contributed by atoms with van der Waals surface area (Å²) in [6.07, 6.45) is -2.27. The number of nitrogens with zero attached hydrogens (tertiary/aromatic N) is 1. The van der Waals surface area contributed by atoms with Crippen molar-refractivity contribution in [2.45, 2.75) is 6.18 Å². The third kappa shape index (κ3) is 3.10. The van der Waals surface area contributed by atoms with Crippen LogP contribution in [0.5, 0.6) is 0 Å². The number of allylic oxidation sites excluding steroid dienone is 1. The largest absolute Gasteiger partial charge is 0.417 e. The Morgan fingerprint density at radius 2 is 2.00 bits per heavy atom. The van der Waals surface area contributed by atoms with Crippen LogP contribution in [-0.2, 0) is 6.18 Å². The lowest BCUT2D eigenvalue weighted by Crippen LogP contribution is -2.07. The highest BCUT2D eigenvalue weighted by atomic mass is 79.9. The molecule has 1 aromatic rings. The highest BCUT2D eigenvalue weighted by molar-refractivity contribution is 9.10. The maximum absolute atomic E-state index is 12.5. The fourth-order valence-electron chi connectivity index (χ4n) is 1.05. The topological polar surface area (TPSA) is 23.8 Å². The van der Waals surface area contributed by atoms with Gasteiger partial charge < -0.3 is 0 Å². The Bertz CT molecular complexity index is 429. The van der Waals surface area contributed by atoms with Crippen molar-refractivity contribution in [3.63, 3.8) is 0 Å². The molecule has 0 aliphatic heterocycles. The van der Waals surface area contributed by atoms with Gasteiger partial charge in [-0.15, -0.1) is 0 Å². The summed E-state index contributed by atoms with van der Waals surface area (Å²) in [6, 6.07) is 5.43. The molecule has 0 heterocycles. The van der Waals surface area contributed by atoms with E-state index in [4.69, 9.17) is 5.26 Å². The first kappa shape index (κ1) is 11.8. The molecule has 15 heavy (non-hydrogen) atoms. The lowest BCUT2D eigenvalue weighted by Gasteiger charge is -2.10. The summed E-state index contributed by atoms with van der Waals surface area (Å²) in [6.45, 7) is 0. The summed E-state index contributed by atoms with van der Waals surface area (Å²) in [5, 5.41) is 8.25. The second-order valence-corrected chi connectivity index (χ2v) is 3.61. The van der Waals surface area contributed by atoms with Crippen molar-refractivity contribution in [1.82, 2.24) is 0 Å². The molecular weight excluding hydrogens is 271 g/mol. The number of nitriles is 1. The maximum Gasteiger partial charge on any atom is 0.417 e. The Balaban J connectivity index is 3.28. The molecule has 0 amide bonds. The molecule has 0 aliphatic carbocycles. The fraction of sp³-hybridized carbons (Fsp3) is 0.100. The number of halogens is 4. The van der Waals surface area contributed by atoms with Gasteiger partial charge in [0.05, 0.1) is 11.6 Å². The van der Waals surface area contributed by atoms with E-state index in [1.807, 2.05) is 0 Å². The number of hydrogen-bond donors (Lipinski definition) is 0. The van der Waals surface area contributed by atoms with E-state index in [0.717, 1.165) is 18.2 Å². The zero-order valence-corrected chi connectivity index (χ0v) is 8.93. The Hall–Kier alpha value is -1.28. The smallest absolute Gasteiger partial charge is 0.193 e. The fourth-order valence-corrected chi connectivity index (χ4v) is 1.41. The lowest BCUT2D eigenvalue weighted by atomic mass is 10.1. The van der Waals surface area contributed by atoms with Gasteiger partial charge in [0, 0.05) is 10.5 Å². The molecule has 0 saturated heterocycles. The monoisotopic (exact) mass is 275 g/mol. The molecule has 0 spiro atoms. The van der Waals surface area contributed by atoms with Crippen molar-refractivity contribution in [3.8, 4) is 6.07 Å². The van der Waals surface area contributed by atoms with E-state index in [1.165, 1.54) is 12.1 Å². The van der Waals surface area contributed by atoms with Crippen molar-refractivity contribution in [3.05, 3.63) is 39.9 Å². The van der Waals surface area contributed by atoms with Gasteiger partial charge in [0.1, 0.15) is 0 Å². The predicted molar refractivity (Wildman–Crippen MR) is 53.8 cm³/mol. The first-order chi connectivity index (χ1) is 6.95. The summed E-state index contributed by atoms with van der Waals surface area (Å²) in [5.41, 5.74) is -0.782. The maximum atomic E-state index is 12.5. The summed E-state index contributed by atoms with van der Waals surface area (Å²) >= 11 is 2.97. The SMILES string of the molecule is N#C/C=C/c1ccc(Br)cc1C(F)(F)F. The molecule has 0 fully saturated rings. The van der Waals surface area contributed by atoms with E-state index in [-0.39, 0.29) is 5.56 Å². The van der Waals surface area contributed by atoms with Crippen LogP contribution in [0.25, 0.3) is 6.08 Å². The minimum atomic E-state index is -4.42. The molecule has 0 bridgehead atoms. The molecule has 0 N–H and O–H groups in total. The molecule has 1 rings (SSSR count). The quantitative estimate of drug-likeness (QED) is 0.711. The minimum absolute atomic E-state index is 0.0211. The Morgan fingerprint density at radius 1 is 1.33 bits per heavy atom. The molecule has 0 radical (unpaired) electrons. The van der Waals surface area contributed by atoms with Crippen molar-refractivity contribution in [2.24, 2.45) is 0 Å². The summed E-state index contributed by atoms with van der Waals surface area (Å²) in [4.78, 5) is 0. The van der Waals surface area contributed by atoms with E-state index < -0.39 is 11.7 Å². The van der Waals surface area contributed by atoms with Gasteiger partial charge in [-0.3, -0.25) is 0 Å². The molecule has 0 saturated carbocycles. The molecule has 78 valence electrons. The second-order valence-electron chi connectivity index (χ2n) is 2.69. The number of rotatable bonds is 1. The van der Waals surface area contributed by atoms with Crippen molar-refractivity contribution < 1.29 is 13.2 Å². The molecule has 0 aromatic heterocycles. The number of alkyl halides is 3. The van der Waals surface area contributed by atoms with E-state index in [1.54, 1.807) is 6.07 Å². The van der Waals surface area contributed by atoms with Crippen LogP contribution >= 0.6 is 15.9 Å². The van der Waals surface area contributed by atoms with Crippen LogP contribution in [0.4, 0.5) is 13.2 Å².